The van der Waals surface area contributed by atoms with Gasteiger partial charge in [-0.05, 0) is 43.5 Å². The molecule has 27 heavy (non-hydrogen) atoms. The summed E-state index contributed by atoms with van der Waals surface area (Å²) in [7, 11) is 0. The second-order valence-corrected chi connectivity index (χ2v) is 7.03. The van der Waals surface area contributed by atoms with Crippen molar-refractivity contribution in [3.05, 3.63) is 65.7 Å². The molecule has 1 aliphatic rings. The second-order valence-electron chi connectivity index (χ2n) is 7.03. The molecule has 0 aromatic heterocycles. The van der Waals surface area contributed by atoms with Crippen LogP contribution in [0, 0.1) is 0 Å². The van der Waals surface area contributed by atoms with Crippen LogP contribution < -0.4 is 10.2 Å². The smallest absolute Gasteiger partial charge is 0.265 e. The number of carbonyl (C=O) groups is 2. The second kappa shape index (κ2) is 7.80. The Balaban J connectivity index is 1.69. The summed E-state index contributed by atoms with van der Waals surface area (Å²) in [6.45, 7) is 4.45. The quantitative estimate of drug-likeness (QED) is 0.607. The van der Waals surface area contributed by atoms with E-state index in [0.717, 1.165) is 16.9 Å². The van der Waals surface area contributed by atoms with Crippen molar-refractivity contribution >= 4 is 11.8 Å². The third-order valence-electron chi connectivity index (χ3n) is 5.28. The van der Waals surface area contributed by atoms with E-state index in [0.29, 0.717) is 19.6 Å². The Morgan fingerprint density at radius 1 is 1.22 bits per heavy atom. The maximum absolute atomic E-state index is 12.9. The summed E-state index contributed by atoms with van der Waals surface area (Å²) in [5.74, 6) is 0.0374. The minimum absolute atomic E-state index is 0.114. The predicted molar refractivity (Wildman–Crippen MR) is 100 cm³/mol. The molecule has 0 radical (unpaired) electrons. The van der Waals surface area contributed by atoms with Crippen molar-refractivity contribution in [3.8, 4) is 5.75 Å². The summed E-state index contributed by atoms with van der Waals surface area (Å²) in [6.07, 6.45) is 0.610. The zero-order valence-corrected chi connectivity index (χ0v) is 15.5. The fraction of sp³-hybridized carbons (Fsp3) is 0.333. The average Bonchev–Trinajstić information content (AvgIpc) is 3.02. The number of nitrogens with zero attached hydrogens (tertiary/aromatic N) is 1. The van der Waals surface area contributed by atoms with Crippen molar-refractivity contribution in [1.29, 1.82) is 0 Å². The van der Waals surface area contributed by atoms with Gasteiger partial charge < -0.3 is 9.64 Å². The van der Waals surface area contributed by atoms with E-state index in [1.807, 2.05) is 61.5 Å². The van der Waals surface area contributed by atoms with Gasteiger partial charge in [-0.1, -0.05) is 42.5 Å². The van der Waals surface area contributed by atoms with Gasteiger partial charge in [-0.2, -0.15) is 0 Å². The van der Waals surface area contributed by atoms with E-state index in [9.17, 15) is 9.59 Å². The number of benzene rings is 2. The van der Waals surface area contributed by atoms with Crippen LogP contribution in [0.3, 0.4) is 0 Å². The Kier molecular flexibility index (Phi) is 5.46. The molecular formula is C21H24N2O4. The first-order chi connectivity index (χ1) is 13.0. The molecule has 2 amide bonds. The van der Waals surface area contributed by atoms with E-state index in [1.54, 1.807) is 12.4 Å². The maximum atomic E-state index is 12.9. The molecule has 0 unspecified atom stereocenters. The third-order valence-corrected chi connectivity index (χ3v) is 5.28. The topological polar surface area (TPSA) is 78.9 Å². The molecule has 3 rings (SSSR count). The average molecular weight is 368 g/mol. The SMILES string of the molecule is C[C@H](C(=O)NO)N1CC[C@@](C)(c2ccc(OCc3ccccc3)cc2)C1=O. The molecule has 1 aliphatic heterocycles. The summed E-state index contributed by atoms with van der Waals surface area (Å²) in [5.41, 5.74) is 2.90. The first kappa shape index (κ1) is 18.9. The van der Waals surface area contributed by atoms with Crippen LogP contribution in [0.5, 0.6) is 5.75 Å². The first-order valence-electron chi connectivity index (χ1n) is 8.98. The Bertz CT molecular complexity index is 807. The van der Waals surface area contributed by atoms with E-state index in [2.05, 4.69) is 0 Å². The molecule has 2 aromatic rings. The standard InChI is InChI=1S/C21H24N2O4/c1-15(19(24)22-26)23-13-12-21(2,20(23)25)17-8-10-18(11-9-17)27-14-16-6-4-3-5-7-16/h3-11,15,26H,12-14H2,1-2H3,(H,22,24)/t15-,21+/m1/s1. The zero-order chi connectivity index (χ0) is 19.4. The van der Waals surface area contributed by atoms with E-state index in [-0.39, 0.29) is 5.91 Å². The lowest BCUT2D eigenvalue weighted by atomic mass is 9.81. The number of rotatable bonds is 6. The Labute approximate surface area is 158 Å². The van der Waals surface area contributed by atoms with Gasteiger partial charge in [0.15, 0.2) is 0 Å². The van der Waals surface area contributed by atoms with Gasteiger partial charge in [-0.15, -0.1) is 0 Å². The van der Waals surface area contributed by atoms with Crippen molar-refractivity contribution in [2.45, 2.75) is 38.3 Å². The Morgan fingerprint density at radius 3 is 2.52 bits per heavy atom. The summed E-state index contributed by atoms with van der Waals surface area (Å²) in [6, 6.07) is 16.7. The minimum atomic E-state index is -0.710. The van der Waals surface area contributed by atoms with Gasteiger partial charge >= 0.3 is 0 Å². The molecule has 6 nitrogen and oxygen atoms in total. The van der Waals surface area contributed by atoms with Crippen LogP contribution in [0.25, 0.3) is 0 Å². The van der Waals surface area contributed by atoms with Crippen LogP contribution in [0.15, 0.2) is 54.6 Å². The summed E-state index contributed by atoms with van der Waals surface area (Å²) >= 11 is 0. The molecule has 2 atom stereocenters. The first-order valence-corrected chi connectivity index (χ1v) is 8.98. The lowest BCUT2D eigenvalue weighted by Crippen LogP contribution is -2.47. The highest BCUT2D eigenvalue weighted by Gasteiger charge is 2.46. The van der Waals surface area contributed by atoms with Crippen molar-refractivity contribution < 1.29 is 19.5 Å². The lowest BCUT2D eigenvalue weighted by Gasteiger charge is -2.27. The number of likely N-dealkylation sites (tertiary alicyclic amines) is 1. The van der Waals surface area contributed by atoms with Crippen molar-refractivity contribution in [3.63, 3.8) is 0 Å². The van der Waals surface area contributed by atoms with Gasteiger partial charge in [0, 0.05) is 6.54 Å². The van der Waals surface area contributed by atoms with Gasteiger partial charge in [0.1, 0.15) is 18.4 Å². The summed E-state index contributed by atoms with van der Waals surface area (Å²) in [5, 5.41) is 8.81. The van der Waals surface area contributed by atoms with E-state index in [1.165, 1.54) is 4.90 Å². The lowest BCUT2D eigenvalue weighted by molar-refractivity contribution is -0.143. The van der Waals surface area contributed by atoms with Crippen LogP contribution in [0.4, 0.5) is 0 Å². The van der Waals surface area contributed by atoms with E-state index in [4.69, 9.17) is 9.94 Å². The molecular weight excluding hydrogens is 344 g/mol. The van der Waals surface area contributed by atoms with Crippen LogP contribution >= 0.6 is 0 Å². The molecule has 2 aromatic carbocycles. The van der Waals surface area contributed by atoms with Gasteiger partial charge in [0.05, 0.1) is 5.41 Å². The molecule has 0 aliphatic carbocycles. The molecule has 1 fully saturated rings. The molecule has 0 bridgehead atoms. The van der Waals surface area contributed by atoms with Crippen LogP contribution in [-0.4, -0.2) is 34.5 Å². The normalized spacial score (nSPS) is 20.4. The number of carbonyl (C=O) groups excluding carboxylic acids is 2. The molecule has 6 heteroatoms. The largest absolute Gasteiger partial charge is 0.489 e. The number of hydrogen-bond acceptors (Lipinski definition) is 4. The van der Waals surface area contributed by atoms with Crippen LogP contribution in [0.1, 0.15) is 31.4 Å². The van der Waals surface area contributed by atoms with Crippen LogP contribution in [0.2, 0.25) is 0 Å². The van der Waals surface area contributed by atoms with Crippen molar-refractivity contribution in [2.24, 2.45) is 0 Å². The molecule has 142 valence electrons. The highest BCUT2D eigenvalue weighted by molar-refractivity contribution is 5.94. The molecule has 0 saturated carbocycles. The van der Waals surface area contributed by atoms with Crippen LogP contribution in [-0.2, 0) is 21.6 Å². The highest BCUT2D eigenvalue weighted by atomic mass is 16.5. The number of ether oxygens (including phenoxy) is 1. The number of amides is 2. The fourth-order valence-electron chi connectivity index (χ4n) is 3.40. The van der Waals surface area contributed by atoms with E-state index >= 15 is 0 Å². The number of hydroxylamine groups is 1. The van der Waals surface area contributed by atoms with E-state index < -0.39 is 17.4 Å². The zero-order valence-electron chi connectivity index (χ0n) is 15.5. The predicted octanol–water partition coefficient (Wildman–Crippen LogP) is 2.65. The summed E-state index contributed by atoms with van der Waals surface area (Å²) in [4.78, 5) is 26.1. The molecule has 2 N–H and O–H groups in total. The van der Waals surface area contributed by atoms with Crippen molar-refractivity contribution in [2.75, 3.05) is 6.54 Å². The van der Waals surface area contributed by atoms with Gasteiger partial charge in [-0.25, -0.2) is 5.48 Å². The van der Waals surface area contributed by atoms with Gasteiger partial charge in [-0.3, -0.25) is 14.8 Å². The highest BCUT2D eigenvalue weighted by Crippen LogP contribution is 2.37. The van der Waals surface area contributed by atoms with Gasteiger partial charge in [0.25, 0.3) is 5.91 Å². The Morgan fingerprint density at radius 2 is 1.89 bits per heavy atom. The number of hydrogen-bond donors (Lipinski definition) is 2. The van der Waals surface area contributed by atoms with Gasteiger partial charge in [0.2, 0.25) is 5.91 Å². The molecule has 1 heterocycles. The molecule has 1 saturated heterocycles. The van der Waals surface area contributed by atoms with Crippen molar-refractivity contribution in [1.82, 2.24) is 10.4 Å². The monoisotopic (exact) mass is 368 g/mol. The number of nitrogens with one attached hydrogen (secondary N) is 1. The maximum Gasteiger partial charge on any atom is 0.265 e. The fourth-order valence-corrected chi connectivity index (χ4v) is 3.40. The third kappa shape index (κ3) is 3.80. The minimum Gasteiger partial charge on any atom is -0.489 e. The summed E-state index contributed by atoms with van der Waals surface area (Å²) < 4.78 is 5.80. The Hall–Kier alpha value is -2.86. The molecule has 0 spiro atoms.